The van der Waals surface area contributed by atoms with Crippen molar-refractivity contribution in [2.24, 2.45) is 16.7 Å². The van der Waals surface area contributed by atoms with Gasteiger partial charge >= 0.3 is 0 Å². The Morgan fingerprint density at radius 1 is 1.00 bits per heavy atom. The zero-order valence-electron chi connectivity index (χ0n) is 14.5. The van der Waals surface area contributed by atoms with Crippen molar-refractivity contribution < 1.29 is 8.42 Å². The Hall–Kier alpha value is -0.310. The molecule has 0 fully saturated rings. The highest BCUT2D eigenvalue weighted by molar-refractivity contribution is 7.91. The Kier molecular flexibility index (Phi) is 7.51. The van der Waals surface area contributed by atoms with Gasteiger partial charge in [0.15, 0.2) is 9.84 Å². The van der Waals surface area contributed by atoms with Crippen LogP contribution in [-0.2, 0) is 9.84 Å². The van der Waals surface area contributed by atoms with E-state index in [1.165, 1.54) is 0 Å². The molecule has 0 aliphatic heterocycles. The number of rotatable bonds is 7. The molecule has 0 aliphatic carbocycles. The third-order valence-corrected chi connectivity index (χ3v) is 5.62. The Bertz CT molecular complexity index is 392. The van der Waals surface area contributed by atoms with Crippen molar-refractivity contribution in [2.75, 3.05) is 11.5 Å². The second-order valence-corrected chi connectivity index (χ2v) is 10.5. The molecule has 0 N–H and O–H groups in total. The summed E-state index contributed by atoms with van der Waals surface area (Å²) >= 11 is 0. The molecule has 0 amide bonds. The lowest BCUT2D eigenvalue weighted by atomic mass is 9.83. The van der Waals surface area contributed by atoms with Crippen LogP contribution in [0.3, 0.4) is 0 Å². The average molecular weight is 303 g/mol. The summed E-state index contributed by atoms with van der Waals surface area (Å²) in [7, 11) is -2.91. The fourth-order valence-corrected chi connectivity index (χ4v) is 3.73. The van der Waals surface area contributed by atoms with E-state index in [0.29, 0.717) is 16.9 Å². The molecule has 0 aromatic carbocycles. The fraction of sp³-hybridized carbons (Fsp3) is 0.882. The van der Waals surface area contributed by atoms with Crippen molar-refractivity contribution in [1.29, 1.82) is 0 Å². The molecule has 0 unspecified atom stereocenters. The van der Waals surface area contributed by atoms with Gasteiger partial charge in [0.1, 0.15) is 0 Å². The number of hydrogen-bond donors (Lipinski definition) is 0. The van der Waals surface area contributed by atoms with E-state index in [2.05, 4.69) is 53.7 Å². The maximum atomic E-state index is 12.1. The van der Waals surface area contributed by atoms with Crippen LogP contribution in [0.4, 0.5) is 0 Å². The van der Waals surface area contributed by atoms with Gasteiger partial charge in [-0.3, -0.25) is 0 Å². The van der Waals surface area contributed by atoms with Gasteiger partial charge in [0.05, 0.1) is 11.5 Å². The maximum absolute atomic E-state index is 12.1. The van der Waals surface area contributed by atoms with Gasteiger partial charge in [-0.05, 0) is 36.0 Å². The van der Waals surface area contributed by atoms with E-state index >= 15 is 0 Å². The first-order chi connectivity index (χ1) is 8.83. The van der Waals surface area contributed by atoms with Crippen molar-refractivity contribution in [1.82, 2.24) is 0 Å². The van der Waals surface area contributed by atoms with Crippen molar-refractivity contribution >= 4 is 9.84 Å². The number of unbranched alkanes of at least 4 members (excludes halogenated alkanes) is 1. The van der Waals surface area contributed by atoms with Crippen molar-refractivity contribution in [3.05, 3.63) is 12.2 Å². The molecule has 0 spiro atoms. The first-order valence-corrected chi connectivity index (χ1v) is 9.51. The van der Waals surface area contributed by atoms with Gasteiger partial charge in [-0.1, -0.05) is 60.6 Å². The average Bonchev–Trinajstić information content (AvgIpc) is 2.19. The topological polar surface area (TPSA) is 34.1 Å². The summed E-state index contributed by atoms with van der Waals surface area (Å²) in [5.74, 6) is 0.819. The monoisotopic (exact) mass is 302 g/mol. The molecule has 3 heteroatoms. The third-order valence-electron chi connectivity index (χ3n) is 3.71. The number of allylic oxidation sites excluding steroid dienone is 2. The van der Waals surface area contributed by atoms with Crippen molar-refractivity contribution in [3.8, 4) is 0 Å². The van der Waals surface area contributed by atoms with Gasteiger partial charge in [-0.2, -0.15) is 0 Å². The van der Waals surface area contributed by atoms with Gasteiger partial charge in [-0.25, -0.2) is 8.42 Å². The SMILES string of the molecule is C[C@@H](CS(=O)(=O)CCC/C=C/CC(C)(C)C)C(C)(C)C. The number of sulfone groups is 1. The predicted octanol–water partition coefficient (Wildman–Crippen LogP) is 4.86. The molecule has 0 aliphatic rings. The summed E-state index contributed by atoms with van der Waals surface area (Å²) < 4.78 is 24.1. The largest absolute Gasteiger partial charge is 0.229 e. The summed E-state index contributed by atoms with van der Waals surface area (Å²) in [4.78, 5) is 0. The summed E-state index contributed by atoms with van der Waals surface area (Å²) in [6.45, 7) is 14.9. The molecule has 0 heterocycles. The molecule has 0 rings (SSSR count). The van der Waals surface area contributed by atoms with Crippen LogP contribution in [0.15, 0.2) is 12.2 Å². The van der Waals surface area contributed by atoms with Crippen LogP contribution in [0.2, 0.25) is 0 Å². The van der Waals surface area contributed by atoms with Crippen molar-refractivity contribution in [2.45, 2.75) is 67.7 Å². The van der Waals surface area contributed by atoms with Gasteiger partial charge in [0.2, 0.25) is 0 Å². The molecule has 0 aromatic rings. The molecule has 0 bridgehead atoms. The first-order valence-electron chi connectivity index (χ1n) is 7.69. The molecule has 0 aromatic heterocycles. The third kappa shape index (κ3) is 10.5. The molecule has 1 atom stereocenters. The Balaban J connectivity index is 4.07. The van der Waals surface area contributed by atoms with E-state index in [0.717, 1.165) is 19.3 Å². The minimum atomic E-state index is -2.91. The summed E-state index contributed by atoms with van der Waals surface area (Å²) in [6, 6.07) is 0. The quantitative estimate of drug-likeness (QED) is 0.497. The van der Waals surface area contributed by atoms with Crippen LogP contribution in [0, 0.1) is 16.7 Å². The van der Waals surface area contributed by atoms with E-state index in [1.807, 2.05) is 6.92 Å². The van der Waals surface area contributed by atoms with Crippen molar-refractivity contribution in [3.63, 3.8) is 0 Å². The molecule has 0 saturated heterocycles. The Morgan fingerprint density at radius 2 is 1.55 bits per heavy atom. The number of hydrogen-bond acceptors (Lipinski definition) is 2. The first kappa shape index (κ1) is 19.7. The van der Waals surface area contributed by atoms with E-state index in [9.17, 15) is 8.42 Å². The lowest BCUT2D eigenvalue weighted by molar-refractivity contribution is 0.285. The van der Waals surface area contributed by atoms with Gasteiger partial charge < -0.3 is 0 Å². The fourth-order valence-electron chi connectivity index (χ4n) is 1.69. The lowest BCUT2D eigenvalue weighted by Gasteiger charge is -2.26. The minimum Gasteiger partial charge on any atom is -0.229 e. The van der Waals surface area contributed by atoms with Crippen LogP contribution in [0.25, 0.3) is 0 Å². The normalized spacial score (nSPS) is 15.8. The van der Waals surface area contributed by atoms with E-state index in [4.69, 9.17) is 0 Å². The molecular formula is C17H34O2S. The predicted molar refractivity (Wildman–Crippen MR) is 89.7 cm³/mol. The van der Waals surface area contributed by atoms with Gasteiger partial charge in [-0.15, -0.1) is 0 Å². The molecule has 0 radical (unpaired) electrons. The van der Waals surface area contributed by atoms with E-state index in [1.54, 1.807) is 0 Å². The van der Waals surface area contributed by atoms with Gasteiger partial charge in [0.25, 0.3) is 0 Å². The zero-order chi connectivity index (χ0) is 16.0. The van der Waals surface area contributed by atoms with E-state index < -0.39 is 9.84 Å². The van der Waals surface area contributed by atoms with Crippen LogP contribution in [-0.4, -0.2) is 19.9 Å². The molecule has 0 saturated carbocycles. The second kappa shape index (κ2) is 7.63. The molecular weight excluding hydrogens is 268 g/mol. The van der Waals surface area contributed by atoms with Crippen LogP contribution < -0.4 is 0 Å². The standard InChI is InChI=1S/C17H34O2S/c1-15(17(5,6)7)14-20(18,19)13-11-9-8-10-12-16(2,3)4/h8,10,15H,9,11-14H2,1-7H3/b10-8+/t15-/m0/s1. The Morgan fingerprint density at radius 3 is 2.00 bits per heavy atom. The van der Waals surface area contributed by atoms with Gasteiger partial charge in [0, 0.05) is 0 Å². The molecule has 2 nitrogen and oxygen atoms in total. The summed E-state index contributed by atoms with van der Waals surface area (Å²) in [5.41, 5.74) is 0.365. The highest BCUT2D eigenvalue weighted by Gasteiger charge is 2.25. The molecule has 20 heavy (non-hydrogen) atoms. The molecule has 120 valence electrons. The highest BCUT2D eigenvalue weighted by atomic mass is 32.2. The van der Waals surface area contributed by atoms with E-state index in [-0.39, 0.29) is 11.3 Å². The second-order valence-electron chi connectivity index (χ2n) is 8.26. The zero-order valence-corrected chi connectivity index (χ0v) is 15.3. The van der Waals surface area contributed by atoms with Crippen LogP contribution >= 0.6 is 0 Å². The highest BCUT2D eigenvalue weighted by Crippen LogP contribution is 2.26. The summed E-state index contributed by atoms with van der Waals surface area (Å²) in [5, 5.41) is 0. The van der Waals surface area contributed by atoms with Crippen LogP contribution in [0.1, 0.15) is 67.7 Å². The smallest absolute Gasteiger partial charge is 0.150 e. The Labute approximate surface area is 127 Å². The lowest BCUT2D eigenvalue weighted by Crippen LogP contribution is -2.26. The van der Waals surface area contributed by atoms with Crippen LogP contribution in [0.5, 0.6) is 0 Å². The summed E-state index contributed by atoms with van der Waals surface area (Å²) in [6.07, 6.45) is 6.93. The minimum absolute atomic E-state index is 0.0552. The maximum Gasteiger partial charge on any atom is 0.150 e.